The molecule has 10 heavy (non-hydrogen) atoms. The standard InChI is InChI=1S/C4H7O5P/c5-10(6)9-8-4-2-1-3-7-4/h4H,1-3H2. The van der Waals surface area contributed by atoms with Crippen LogP contribution >= 0.6 is 7.91 Å². The zero-order chi connectivity index (χ0) is 7.40. The zero-order valence-corrected chi connectivity index (χ0v) is 6.08. The maximum absolute atomic E-state index is 9.79. The second kappa shape index (κ2) is 3.83. The Morgan fingerprint density at radius 3 is 2.80 bits per heavy atom. The quantitative estimate of drug-likeness (QED) is 0.357. The molecule has 0 spiro atoms. The third-order valence-corrected chi connectivity index (χ3v) is 1.31. The Labute approximate surface area is 58.1 Å². The largest absolute Gasteiger partial charge is 0.496 e. The van der Waals surface area contributed by atoms with Crippen LogP contribution in [0.5, 0.6) is 0 Å². The molecule has 1 saturated heterocycles. The lowest BCUT2D eigenvalue weighted by molar-refractivity contribution is -0.304. The van der Waals surface area contributed by atoms with Crippen LogP contribution in [0.1, 0.15) is 12.8 Å². The minimum atomic E-state index is -2.92. The molecular formula is C4H7O5P. The van der Waals surface area contributed by atoms with Gasteiger partial charge in [0.2, 0.25) is 0 Å². The van der Waals surface area contributed by atoms with Crippen LogP contribution in [-0.2, 0) is 23.4 Å². The van der Waals surface area contributed by atoms with Gasteiger partial charge in [-0.15, -0.1) is 4.67 Å². The molecule has 0 aromatic heterocycles. The van der Waals surface area contributed by atoms with Crippen LogP contribution in [-0.4, -0.2) is 12.9 Å². The first kappa shape index (κ1) is 7.88. The summed E-state index contributed by atoms with van der Waals surface area (Å²) in [6.07, 6.45) is 1.06. The third-order valence-electron chi connectivity index (χ3n) is 1.10. The van der Waals surface area contributed by atoms with Crippen LogP contribution in [0, 0.1) is 0 Å². The number of hydrogen-bond donors (Lipinski definition) is 0. The fraction of sp³-hybridized carbons (Fsp3) is 1.00. The molecule has 0 aromatic carbocycles. The van der Waals surface area contributed by atoms with E-state index in [0.717, 1.165) is 6.42 Å². The fourth-order valence-electron chi connectivity index (χ4n) is 0.707. The molecule has 0 aromatic rings. The van der Waals surface area contributed by atoms with Gasteiger partial charge in [0.15, 0.2) is 6.29 Å². The summed E-state index contributed by atoms with van der Waals surface area (Å²) in [5.74, 6) is 0. The Hall–Kier alpha value is -0.220. The molecule has 1 atom stereocenters. The van der Waals surface area contributed by atoms with Crippen molar-refractivity contribution in [2.45, 2.75) is 19.1 Å². The first-order valence-electron chi connectivity index (χ1n) is 2.88. The van der Waals surface area contributed by atoms with Gasteiger partial charge in [-0.1, -0.05) is 0 Å². The van der Waals surface area contributed by atoms with Crippen molar-refractivity contribution < 1.29 is 23.4 Å². The van der Waals surface area contributed by atoms with Gasteiger partial charge in [0.1, 0.15) is 0 Å². The predicted molar refractivity (Wildman–Crippen MR) is 29.4 cm³/mol. The van der Waals surface area contributed by atoms with Crippen molar-refractivity contribution in [2.24, 2.45) is 0 Å². The maximum atomic E-state index is 9.79. The van der Waals surface area contributed by atoms with E-state index < -0.39 is 14.2 Å². The average Bonchev–Trinajstić information content (AvgIpc) is 2.34. The molecule has 0 radical (unpaired) electrons. The molecule has 0 bridgehead atoms. The molecule has 0 amide bonds. The van der Waals surface area contributed by atoms with Gasteiger partial charge >= 0.3 is 7.91 Å². The van der Waals surface area contributed by atoms with Crippen molar-refractivity contribution in [3.05, 3.63) is 0 Å². The highest BCUT2D eigenvalue weighted by molar-refractivity contribution is 7.24. The minimum Gasteiger partial charge on any atom is -0.350 e. The van der Waals surface area contributed by atoms with E-state index >= 15 is 0 Å². The van der Waals surface area contributed by atoms with Gasteiger partial charge in [0.25, 0.3) is 0 Å². The first-order chi connectivity index (χ1) is 4.79. The van der Waals surface area contributed by atoms with Gasteiger partial charge < -0.3 is 4.74 Å². The summed E-state index contributed by atoms with van der Waals surface area (Å²) in [4.78, 5) is 4.35. The van der Waals surface area contributed by atoms with Crippen molar-refractivity contribution in [3.63, 3.8) is 0 Å². The summed E-state index contributed by atoms with van der Waals surface area (Å²) in [6, 6.07) is 0. The lowest BCUT2D eigenvalue weighted by Crippen LogP contribution is -2.07. The SMILES string of the molecule is O=P(=O)OOC1CCCO1. The summed E-state index contributed by atoms with van der Waals surface area (Å²) in [6.45, 7) is 0.601. The second-order valence-corrected chi connectivity index (χ2v) is 2.43. The van der Waals surface area contributed by atoms with Crippen molar-refractivity contribution in [3.8, 4) is 0 Å². The molecule has 1 aliphatic heterocycles. The van der Waals surface area contributed by atoms with Crippen molar-refractivity contribution in [2.75, 3.05) is 6.61 Å². The van der Waals surface area contributed by atoms with Crippen molar-refractivity contribution in [1.29, 1.82) is 0 Å². The molecule has 1 unspecified atom stereocenters. The van der Waals surface area contributed by atoms with E-state index in [2.05, 4.69) is 9.56 Å². The Morgan fingerprint density at radius 1 is 1.50 bits per heavy atom. The average molecular weight is 166 g/mol. The lowest BCUT2D eigenvalue weighted by Gasteiger charge is -2.03. The third kappa shape index (κ3) is 2.58. The van der Waals surface area contributed by atoms with Crippen molar-refractivity contribution in [1.82, 2.24) is 0 Å². The van der Waals surface area contributed by atoms with E-state index in [0.29, 0.717) is 13.0 Å². The van der Waals surface area contributed by atoms with Crippen LogP contribution in [0.15, 0.2) is 0 Å². The Kier molecular flexibility index (Phi) is 3.02. The molecule has 1 fully saturated rings. The van der Waals surface area contributed by atoms with E-state index in [1.54, 1.807) is 0 Å². The van der Waals surface area contributed by atoms with Crippen LogP contribution in [0.3, 0.4) is 0 Å². The summed E-state index contributed by atoms with van der Waals surface area (Å²) in [5, 5.41) is 0. The molecule has 1 aliphatic rings. The highest BCUT2D eigenvalue weighted by atomic mass is 31.1. The number of ether oxygens (including phenoxy) is 1. The summed E-state index contributed by atoms with van der Waals surface area (Å²) in [7, 11) is -2.92. The van der Waals surface area contributed by atoms with Crippen LogP contribution in [0.25, 0.3) is 0 Å². The number of rotatable bonds is 3. The molecular weight excluding hydrogens is 159 g/mol. The highest BCUT2D eigenvalue weighted by Gasteiger charge is 2.17. The lowest BCUT2D eigenvalue weighted by atomic mass is 10.4. The highest BCUT2D eigenvalue weighted by Crippen LogP contribution is 2.16. The smallest absolute Gasteiger partial charge is 0.350 e. The van der Waals surface area contributed by atoms with E-state index in [-0.39, 0.29) is 0 Å². The van der Waals surface area contributed by atoms with Gasteiger partial charge in [-0.25, -0.2) is 9.13 Å². The molecule has 58 valence electrons. The van der Waals surface area contributed by atoms with E-state index in [9.17, 15) is 9.13 Å². The molecule has 0 aliphatic carbocycles. The fourth-order valence-corrected chi connectivity index (χ4v) is 0.873. The van der Waals surface area contributed by atoms with Gasteiger partial charge in [0, 0.05) is 6.42 Å². The molecule has 0 N–H and O–H groups in total. The summed E-state index contributed by atoms with van der Waals surface area (Å²) in [5.41, 5.74) is 0. The Balaban J connectivity index is 2.12. The first-order valence-corrected chi connectivity index (χ1v) is 3.98. The van der Waals surface area contributed by atoms with Crippen LogP contribution < -0.4 is 0 Å². The molecule has 6 heteroatoms. The van der Waals surface area contributed by atoms with Crippen molar-refractivity contribution >= 4 is 7.91 Å². The summed E-state index contributed by atoms with van der Waals surface area (Å²) < 4.78 is 28.3. The van der Waals surface area contributed by atoms with Crippen LogP contribution in [0.2, 0.25) is 0 Å². The topological polar surface area (TPSA) is 61.8 Å². The van der Waals surface area contributed by atoms with E-state index in [1.807, 2.05) is 0 Å². The molecule has 1 heterocycles. The van der Waals surface area contributed by atoms with E-state index in [4.69, 9.17) is 4.74 Å². The minimum absolute atomic E-state index is 0.507. The molecule has 1 rings (SSSR count). The Morgan fingerprint density at radius 2 is 2.30 bits per heavy atom. The second-order valence-electron chi connectivity index (χ2n) is 1.84. The van der Waals surface area contributed by atoms with Gasteiger partial charge in [-0.05, 0) is 6.42 Å². The van der Waals surface area contributed by atoms with Gasteiger partial charge in [-0.3, -0.25) is 0 Å². The van der Waals surface area contributed by atoms with Gasteiger partial charge in [0.05, 0.1) is 6.61 Å². The zero-order valence-electron chi connectivity index (χ0n) is 5.19. The summed E-state index contributed by atoms with van der Waals surface area (Å²) >= 11 is 0. The maximum Gasteiger partial charge on any atom is 0.496 e. The Bertz CT molecular complexity index is 151. The normalized spacial score (nSPS) is 25.0. The predicted octanol–water partition coefficient (Wildman–Crippen LogP) is 1.16. The van der Waals surface area contributed by atoms with Crippen LogP contribution in [0.4, 0.5) is 0 Å². The molecule has 5 nitrogen and oxygen atoms in total. The van der Waals surface area contributed by atoms with Gasteiger partial charge in [-0.2, -0.15) is 4.89 Å². The number of hydrogen-bond acceptors (Lipinski definition) is 5. The monoisotopic (exact) mass is 166 g/mol. The van der Waals surface area contributed by atoms with E-state index in [1.165, 1.54) is 0 Å². The molecule has 0 saturated carbocycles.